The highest BCUT2D eigenvalue weighted by molar-refractivity contribution is 7.09. The number of carbonyl (C=O) groups excluding carboxylic acids is 1. The number of hydrogen-bond donors (Lipinski definition) is 2. The number of benzene rings is 2. The molecule has 0 fully saturated rings. The molecule has 0 aliphatic heterocycles. The highest BCUT2D eigenvalue weighted by Gasteiger charge is 2.10. The number of anilines is 1. The summed E-state index contributed by atoms with van der Waals surface area (Å²) in [4.78, 5) is 16.6. The summed E-state index contributed by atoms with van der Waals surface area (Å²) in [5, 5.41) is 15.3. The van der Waals surface area contributed by atoms with Crippen LogP contribution in [0.3, 0.4) is 0 Å². The Bertz CT molecular complexity index is 861. The summed E-state index contributed by atoms with van der Waals surface area (Å²) in [6.07, 6.45) is 0. The van der Waals surface area contributed by atoms with Gasteiger partial charge in [-0.2, -0.15) is 0 Å². The fraction of sp³-hybridized carbons (Fsp3) is 0.111. The van der Waals surface area contributed by atoms with Gasteiger partial charge in [-0.1, -0.05) is 18.2 Å². The van der Waals surface area contributed by atoms with Crippen LogP contribution < -0.4 is 10.1 Å². The minimum absolute atomic E-state index is 0.0251. The fourth-order valence-corrected chi connectivity index (χ4v) is 2.73. The molecule has 0 radical (unpaired) electrons. The van der Waals surface area contributed by atoms with Crippen LogP contribution in [-0.2, 0) is 6.61 Å². The molecule has 1 aromatic heterocycles. The molecule has 1 heterocycles. The number of carbonyl (C=O) groups is 1. The standard InChI is InChI=1S/C18H16N2O3S/c1-12-19-14(11-24-12)10-23-15-6-4-5-13(9-15)18(22)20-16-7-2-3-8-17(16)21/h2-9,11,21H,10H2,1H3,(H,20,22). The van der Waals surface area contributed by atoms with Crippen molar-refractivity contribution in [3.8, 4) is 11.5 Å². The zero-order valence-electron chi connectivity index (χ0n) is 13.0. The van der Waals surface area contributed by atoms with E-state index in [9.17, 15) is 9.90 Å². The van der Waals surface area contributed by atoms with Gasteiger partial charge in [0.15, 0.2) is 0 Å². The second-order valence-corrected chi connectivity index (χ2v) is 6.21. The number of thiazole rings is 1. The van der Waals surface area contributed by atoms with Crippen LogP contribution in [0, 0.1) is 6.92 Å². The summed E-state index contributed by atoms with van der Waals surface area (Å²) in [6, 6.07) is 13.5. The van der Waals surface area contributed by atoms with Crippen LogP contribution in [0.4, 0.5) is 5.69 Å². The largest absolute Gasteiger partial charge is 0.506 e. The number of para-hydroxylation sites is 2. The maximum Gasteiger partial charge on any atom is 0.255 e. The lowest BCUT2D eigenvalue weighted by atomic mass is 10.2. The van der Waals surface area contributed by atoms with Gasteiger partial charge in [-0.25, -0.2) is 4.98 Å². The molecule has 24 heavy (non-hydrogen) atoms. The average Bonchev–Trinajstić information content (AvgIpc) is 3.01. The predicted molar refractivity (Wildman–Crippen MR) is 93.7 cm³/mol. The van der Waals surface area contributed by atoms with Gasteiger partial charge in [-0.05, 0) is 37.3 Å². The molecule has 0 atom stereocenters. The van der Waals surface area contributed by atoms with E-state index in [2.05, 4.69) is 10.3 Å². The number of nitrogens with one attached hydrogen (secondary N) is 1. The number of ether oxygens (including phenoxy) is 1. The lowest BCUT2D eigenvalue weighted by Gasteiger charge is -2.09. The minimum Gasteiger partial charge on any atom is -0.506 e. The molecule has 3 aromatic rings. The molecule has 5 nitrogen and oxygen atoms in total. The van der Waals surface area contributed by atoms with E-state index in [-0.39, 0.29) is 11.7 Å². The van der Waals surface area contributed by atoms with Gasteiger partial charge in [0, 0.05) is 10.9 Å². The Morgan fingerprint density at radius 1 is 1.25 bits per heavy atom. The first-order valence-corrected chi connectivity index (χ1v) is 8.23. The van der Waals surface area contributed by atoms with Crippen molar-refractivity contribution in [2.75, 3.05) is 5.32 Å². The highest BCUT2D eigenvalue weighted by Crippen LogP contribution is 2.23. The average molecular weight is 340 g/mol. The number of aromatic nitrogens is 1. The molecule has 0 unspecified atom stereocenters. The maximum absolute atomic E-state index is 12.3. The Balaban J connectivity index is 1.68. The van der Waals surface area contributed by atoms with Crippen molar-refractivity contribution in [2.24, 2.45) is 0 Å². The molecule has 2 N–H and O–H groups in total. The van der Waals surface area contributed by atoms with Gasteiger partial charge in [0.25, 0.3) is 5.91 Å². The summed E-state index contributed by atoms with van der Waals surface area (Å²) in [7, 11) is 0. The van der Waals surface area contributed by atoms with E-state index in [1.165, 1.54) is 6.07 Å². The smallest absolute Gasteiger partial charge is 0.255 e. The number of hydrogen-bond acceptors (Lipinski definition) is 5. The number of aromatic hydroxyl groups is 1. The number of phenols is 1. The van der Waals surface area contributed by atoms with Crippen molar-refractivity contribution in [1.82, 2.24) is 4.98 Å². The SMILES string of the molecule is Cc1nc(COc2cccc(C(=O)Nc3ccccc3O)c2)cs1. The molecule has 1 amide bonds. The summed E-state index contributed by atoms with van der Waals surface area (Å²) in [5.74, 6) is 0.300. The highest BCUT2D eigenvalue weighted by atomic mass is 32.1. The second-order valence-electron chi connectivity index (χ2n) is 5.15. The van der Waals surface area contributed by atoms with Gasteiger partial charge in [0.2, 0.25) is 0 Å². The summed E-state index contributed by atoms with van der Waals surface area (Å²) < 4.78 is 5.68. The number of phenolic OH excluding ortho intramolecular Hbond substituents is 1. The number of rotatable bonds is 5. The monoisotopic (exact) mass is 340 g/mol. The van der Waals surface area contributed by atoms with Crippen LogP contribution in [0.1, 0.15) is 21.1 Å². The first-order valence-electron chi connectivity index (χ1n) is 7.35. The fourth-order valence-electron chi connectivity index (χ4n) is 2.13. The van der Waals surface area contributed by atoms with E-state index >= 15 is 0 Å². The van der Waals surface area contributed by atoms with Crippen LogP contribution in [0.2, 0.25) is 0 Å². The Morgan fingerprint density at radius 2 is 2.08 bits per heavy atom. The third-order valence-electron chi connectivity index (χ3n) is 3.30. The summed E-state index contributed by atoms with van der Waals surface area (Å²) >= 11 is 1.57. The van der Waals surface area contributed by atoms with Crippen molar-refractivity contribution < 1.29 is 14.6 Å². The molecule has 122 valence electrons. The molecule has 0 saturated heterocycles. The normalized spacial score (nSPS) is 10.4. The summed E-state index contributed by atoms with van der Waals surface area (Å²) in [5.41, 5.74) is 1.68. The zero-order chi connectivity index (χ0) is 16.9. The van der Waals surface area contributed by atoms with E-state index in [0.717, 1.165) is 10.7 Å². The Hall–Kier alpha value is -2.86. The zero-order valence-corrected chi connectivity index (χ0v) is 13.8. The van der Waals surface area contributed by atoms with Crippen LogP contribution in [-0.4, -0.2) is 16.0 Å². The van der Waals surface area contributed by atoms with Crippen molar-refractivity contribution in [3.05, 3.63) is 70.2 Å². The lowest BCUT2D eigenvalue weighted by molar-refractivity contribution is 0.102. The number of aryl methyl sites for hydroxylation is 1. The van der Waals surface area contributed by atoms with E-state index in [0.29, 0.717) is 23.6 Å². The molecule has 3 rings (SSSR count). The molecule has 0 bridgehead atoms. The van der Waals surface area contributed by atoms with Crippen molar-refractivity contribution in [2.45, 2.75) is 13.5 Å². The Morgan fingerprint density at radius 3 is 2.83 bits per heavy atom. The van der Waals surface area contributed by atoms with Crippen molar-refractivity contribution in [3.63, 3.8) is 0 Å². The molecular weight excluding hydrogens is 324 g/mol. The quantitative estimate of drug-likeness (QED) is 0.689. The van der Waals surface area contributed by atoms with Gasteiger partial charge < -0.3 is 15.2 Å². The Kier molecular flexibility index (Phi) is 4.77. The lowest BCUT2D eigenvalue weighted by Crippen LogP contribution is -2.12. The Labute approximate surface area is 143 Å². The molecule has 0 aliphatic rings. The van der Waals surface area contributed by atoms with Gasteiger partial charge >= 0.3 is 0 Å². The number of amides is 1. The molecule has 2 aromatic carbocycles. The maximum atomic E-state index is 12.3. The molecule has 6 heteroatoms. The van der Waals surface area contributed by atoms with E-state index < -0.39 is 0 Å². The van der Waals surface area contributed by atoms with E-state index in [4.69, 9.17) is 4.74 Å². The second kappa shape index (κ2) is 7.14. The minimum atomic E-state index is -0.313. The van der Waals surface area contributed by atoms with Crippen molar-refractivity contribution >= 4 is 22.9 Å². The topological polar surface area (TPSA) is 71.5 Å². The third-order valence-corrected chi connectivity index (χ3v) is 4.12. The van der Waals surface area contributed by atoms with Crippen LogP contribution in [0.15, 0.2) is 53.9 Å². The van der Waals surface area contributed by atoms with Crippen LogP contribution in [0.5, 0.6) is 11.5 Å². The predicted octanol–water partition coefficient (Wildman–Crippen LogP) is 3.99. The molecule has 0 saturated carbocycles. The number of nitrogens with zero attached hydrogens (tertiary/aromatic N) is 1. The van der Waals surface area contributed by atoms with E-state index in [1.54, 1.807) is 53.8 Å². The van der Waals surface area contributed by atoms with Crippen LogP contribution in [0.25, 0.3) is 0 Å². The molecule has 0 aliphatic carbocycles. The van der Waals surface area contributed by atoms with Gasteiger partial charge in [0.05, 0.1) is 16.4 Å². The first-order chi connectivity index (χ1) is 11.6. The van der Waals surface area contributed by atoms with Gasteiger partial charge in [-0.3, -0.25) is 4.79 Å². The molecular formula is C18H16N2O3S. The first kappa shape index (κ1) is 16.0. The van der Waals surface area contributed by atoms with Crippen LogP contribution >= 0.6 is 11.3 Å². The van der Waals surface area contributed by atoms with E-state index in [1.807, 2.05) is 12.3 Å². The molecule has 0 spiro atoms. The van der Waals surface area contributed by atoms with Crippen molar-refractivity contribution in [1.29, 1.82) is 0 Å². The summed E-state index contributed by atoms with van der Waals surface area (Å²) in [6.45, 7) is 2.30. The van der Waals surface area contributed by atoms with Gasteiger partial charge in [0.1, 0.15) is 18.1 Å². The third kappa shape index (κ3) is 3.91. The van der Waals surface area contributed by atoms with Gasteiger partial charge in [-0.15, -0.1) is 11.3 Å².